The molecule has 3 N–H and O–H groups in total. The van der Waals surface area contributed by atoms with Crippen LogP contribution in [0.5, 0.6) is 0 Å². The minimum atomic E-state index is 0.494. The van der Waals surface area contributed by atoms with E-state index in [1.807, 2.05) is 0 Å². The van der Waals surface area contributed by atoms with Gasteiger partial charge in [-0.15, -0.1) is 0 Å². The van der Waals surface area contributed by atoms with Gasteiger partial charge in [0, 0.05) is 6.54 Å². The largest absolute Gasteiger partial charge is 0.374 e. The lowest BCUT2D eigenvalue weighted by Gasteiger charge is -2.02. The van der Waals surface area contributed by atoms with Crippen LogP contribution in [0.4, 0.5) is 0 Å². The highest BCUT2D eigenvalue weighted by Gasteiger charge is 2.07. The Morgan fingerprint density at radius 2 is 2.67 bits per heavy atom. The Labute approximate surface area is 55.3 Å². The van der Waals surface area contributed by atoms with Gasteiger partial charge in [-0.3, -0.25) is 4.99 Å². The first-order chi connectivity index (χ1) is 4.43. The molecule has 0 aromatic heterocycles. The smallest absolute Gasteiger partial charge is 0.0828 e. The summed E-state index contributed by atoms with van der Waals surface area (Å²) >= 11 is 0. The van der Waals surface area contributed by atoms with E-state index in [9.17, 15) is 0 Å². The highest BCUT2D eigenvalue weighted by molar-refractivity contribution is 5.56. The topological polar surface area (TPSA) is 50.4 Å². The summed E-state index contributed by atoms with van der Waals surface area (Å²) in [5.74, 6) is 0. The lowest BCUT2D eigenvalue weighted by Crippen LogP contribution is -2.16. The molecule has 1 aliphatic rings. The van der Waals surface area contributed by atoms with Crippen molar-refractivity contribution in [2.45, 2.75) is 18.9 Å². The molecule has 0 saturated heterocycles. The van der Waals surface area contributed by atoms with E-state index in [1.54, 1.807) is 6.34 Å². The third-order valence-corrected chi connectivity index (χ3v) is 1.47. The van der Waals surface area contributed by atoms with E-state index in [1.165, 1.54) is 0 Å². The van der Waals surface area contributed by atoms with Crippen molar-refractivity contribution < 1.29 is 0 Å². The summed E-state index contributed by atoms with van der Waals surface area (Å²) in [6.07, 6.45) is 3.99. The second-order valence-electron chi connectivity index (χ2n) is 2.27. The average Bonchev–Trinajstić information content (AvgIpc) is 2.34. The summed E-state index contributed by atoms with van der Waals surface area (Å²) in [4.78, 5) is 4.18. The van der Waals surface area contributed by atoms with Crippen LogP contribution in [0.2, 0.25) is 0 Å². The molecule has 1 aliphatic heterocycles. The van der Waals surface area contributed by atoms with Gasteiger partial charge in [0.15, 0.2) is 0 Å². The molecule has 0 amide bonds. The summed E-state index contributed by atoms with van der Waals surface area (Å²) in [5.41, 5.74) is 5.33. The Kier molecular flexibility index (Phi) is 2.51. The van der Waals surface area contributed by atoms with E-state index in [0.29, 0.717) is 6.04 Å². The Balaban J connectivity index is 2.05. The molecule has 1 rings (SSSR count). The molecule has 0 radical (unpaired) electrons. The number of hydrogen-bond acceptors (Lipinski definition) is 3. The third-order valence-electron chi connectivity index (χ3n) is 1.47. The third kappa shape index (κ3) is 2.01. The van der Waals surface area contributed by atoms with Gasteiger partial charge in [0.25, 0.3) is 0 Å². The molecule has 0 fully saturated rings. The molecule has 0 unspecified atom stereocenters. The molecule has 52 valence electrons. The van der Waals surface area contributed by atoms with Gasteiger partial charge < -0.3 is 11.1 Å². The quantitative estimate of drug-likeness (QED) is 0.548. The van der Waals surface area contributed by atoms with Gasteiger partial charge >= 0.3 is 0 Å². The summed E-state index contributed by atoms with van der Waals surface area (Å²) < 4.78 is 0. The van der Waals surface area contributed by atoms with Crippen molar-refractivity contribution in [3.63, 3.8) is 0 Å². The second kappa shape index (κ2) is 3.45. The Hall–Kier alpha value is -0.570. The maximum Gasteiger partial charge on any atom is 0.0828 e. The van der Waals surface area contributed by atoms with Gasteiger partial charge in [-0.1, -0.05) is 0 Å². The molecule has 1 heterocycles. The van der Waals surface area contributed by atoms with Gasteiger partial charge in [0.05, 0.1) is 12.4 Å². The molecular weight excluding hydrogens is 114 g/mol. The molecule has 9 heavy (non-hydrogen) atoms. The van der Waals surface area contributed by atoms with E-state index >= 15 is 0 Å². The number of nitrogens with zero attached hydrogens (tertiary/aromatic N) is 1. The molecule has 0 aliphatic carbocycles. The summed E-state index contributed by atoms with van der Waals surface area (Å²) in [5, 5.41) is 3.05. The fourth-order valence-corrected chi connectivity index (χ4v) is 0.930. The van der Waals surface area contributed by atoms with Gasteiger partial charge in [-0.05, 0) is 19.4 Å². The van der Waals surface area contributed by atoms with Gasteiger partial charge in [0.2, 0.25) is 0 Å². The average molecular weight is 127 g/mol. The zero-order chi connectivity index (χ0) is 6.53. The van der Waals surface area contributed by atoms with Crippen molar-refractivity contribution in [3.05, 3.63) is 0 Å². The molecule has 0 aromatic carbocycles. The predicted octanol–water partition coefficient (Wildman–Crippen LogP) is -0.275. The normalized spacial score (nSPS) is 24.3. The van der Waals surface area contributed by atoms with Crippen LogP contribution in [0.15, 0.2) is 4.99 Å². The van der Waals surface area contributed by atoms with E-state index in [4.69, 9.17) is 5.73 Å². The molecular formula is C6H13N3. The first kappa shape index (κ1) is 6.55. The monoisotopic (exact) mass is 127 g/mol. The zero-order valence-corrected chi connectivity index (χ0v) is 5.51. The standard InChI is InChI=1S/C6H13N3/c7-3-1-2-6-4-8-5-9-6/h5-6H,1-4,7H2,(H,8,9)/t6-/m1/s1. The summed E-state index contributed by atoms with van der Waals surface area (Å²) in [6.45, 7) is 1.78. The maximum atomic E-state index is 5.33. The number of nitrogens with one attached hydrogen (secondary N) is 1. The lowest BCUT2D eigenvalue weighted by molar-refractivity contribution is 0.607. The van der Waals surface area contributed by atoms with E-state index in [2.05, 4.69) is 10.3 Å². The Morgan fingerprint density at radius 3 is 3.22 bits per heavy atom. The minimum Gasteiger partial charge on any atom is -0.374 e. The predicted molar refractivity (Wildman–Crippen MR) is 38.6 cm³/mol. The van der Waals surface area contributed by atoms with Crippen LogP contribution in [0.3, 0.4) is 0 Å². The molecule has 0 spiro atoms. The first-order valence-corrected chi connectivity index (χ1v) is 3.38. The molecule has 3 heteroatoms. The van der Waals surface area contributed by atoms with Gasteiger partial charge in [-0.25, -0.2) is 0 Å². The Morgan fingerprint density at radius 1 is 1.78 bits per heavy atom. The van der Waals surface area contributed by atoms with Gasteiger partial charge in [-0.2, -0.15) is 0 Å². The molecule has 0 saturated carbocycles. The van der Waals surface area contributed by atoms with E-state index in [-0.39, 0.29) is 0 Å². The van der Waals surface area contributed by atoms with Crippen molar-refractivity contribution >= 4 is 6.34 Å². The molecule has 0 aromatic rings. The summed E-state index contributed by atoms with van der Waals surface area (Å²) in [6, 6.07) is 0.494. The zero-order valence-electron chi connectivity index (χ0n) is 5.51. The second-order valence-corrected chi connectivity index (χ2v) is 2.27. The number of nitrogens with two attached hydrogens (primary N) is 1. The van der Waals surface area contributed by atoms with Crippen LogP contribution in [-0.2, 0) is 0 Å². The van der Waals surface area contributed by atoms with Crippen molar-refractivity contribution in [3.8, 4) is 0 Å². The number of hydrogen-bond donors (Lipinski definition) is 2. The van der Waals surface area contributed by atoms with Crippen molar-refractivity contribution in [1.29, 1.82) is 0 Å². The van der Waals surface area contributed by atoms with Crippen LogP contribution in [0.1, 0.15) is 12.8 Å². The maximum absolute atomic E-state index is 5.33. The highest BCUT2D eigenvalue weighted by Crippen LogP contribution is 2.01. The summed E-state index contributed by atoms with van der Waals surface area (Å²) in [7, 11) is 0. The highest BCUT2D eigenvalue weighted by atomic mass is 15.0. The van der Waals surface area contributed by atoms with Gasteiger partial charge in [0.1, 0.15) is 0 Å². The minimum absolute atomic E-state index is 0.494. The van der Waals surface area contributed by atoms with Crippen LogP contribution in [-0.4, -0.2) is 25.5 Å². The molecule has 1 atom stereocenters. The van der Waals surface area contributed by atoms with Crippen molar-refractivity contribution in [2.24, 2.45) is 10.7 Å². The van der Waals surface area contributed by atoms with Crippen LogP contribution >= 0.6 is 0 Å². The lowest BCUT2D eigenvalue weighted by atomic mass is 10.2. The Bertz CT molecular complexity index is 100. The fraction of sp³-hybridized carbons (Fsp3) is 0.833. The van der Waals surface area contributed by atoms with Crippen LogP contribution in [0.25, 0.3) is 0 Å². The molecule has 0 bridgehead atoms. The number of rotatable bonds is 3. The first-order valence-electron chi connectivity index (χ1n) is 3.38. The molecule has 3 nitrogen and oxygen atoms in total. The number of aliphatic imine (C=N–C) groups is 1. The van der Waals surface area contributed by atoms with E-state index in [0.717, 1.165) is 25.9 Å². The van der Waals surface area contributed by atoms with Crippen LogP contribution < -0.4 is 11.1 Å². The SMILES string of the molecule is NCCC[C@@H]1CNC=N1. The fourth-order valence-electron chi connectivity index (χ4n) is 0.930. The van der Waals surface area contributed by atoms with E-state index < -0.39 is 0 Å². The van der Waals surface area contributed by atoms with Crippen molar-refractivity contribution in [2.75, 3.05) is 13.1 Å². The van der Waals surface area contributed by atoms with Crippen molar-refractivity contribution in [1.82, 2.24) is 5.32 Å². The van der Waals surface area contributed by atoms with Crippen LogP contribution in [0, 0.1) is 0 Å².